The van der Waals surface area contributed by atoms with Crippen LogP contribution >= 0.6 is 11.5 Å². The third-order valence-corrected chi connectivity index (χ3v) is 4.69. The summed E-state index contributed by atoms with van der Waals surface area (Å²) in [6, 6.07) is 12.0. The number of fused-ring (bicyclic) bond motifs is 1. The Bertz CT molecular complexity index is 1120. The SMILES string of the molecule is Cc1ccc(-c2nsc(NC(=O)c3oc4ccc(F)cc4c3C)n2)cc1. The van der Waals surface area contributed by atoms with Crippen molar-refractivity contribution >= 4 is 33.5 Å². The molecule has 0 saturated carbocycles. The van der Waals surface area contributed by atoms with Crippen molar-refractivity contribution in [1.29, 1.82) is 0 Å². The first-order valence-corrected chi connectivity index (χ1v) is 8.69. The molecule has 0 bridgehead atoms. The van der Waals surface area contributed by atoms with Gasteiger partial charge in [-0.1, -0.05) is 29.8 Å². The Morgan fingerprint density at radius 3 is 2.69 bits per heavy atom. The second kappa shape index (κ2) is 6.34. The molecule has 1 amide bonds. The van der Waals surface area contributed by atoms with Gasteiger partial charge >= 0.3 is 0 Å². The summed E-state index contributed by atoms with van der Waals surface area (Å²) in [5.74, 6) is -0.127. The Kier molecular flexibility index (Phi) is 4.00. The van der Waals surface area contributed by atoms with Crippen LogP contribution in [-0.4, -0.2) is 15.3 Å². The lowest BCUT2D eigenvalue weighted by atomic mass is 10.1. The van der Waals surface area contributed by atoms with E-state index in [0.29, 0.717) is 27.5 Å². The van der Waals surface area contributed by atoms with Crippen LogP contribution in [-0.2, 0) is 0 Å². The fourth-order valence-electron chi connectivity index (χ4n) is 2.66. The highest BCUT2D eigenvalue weighted by Crippen LogP contribution is 2.27. The Morgan fingerprint density at radius 1 is 1.15 bits per heavy atom. The van der Waals surface area contributed by atoms with E-state index in [2.05, 4.69) is 14.7 Å². The standard InChI is InChI=1S/C19H14FN3O2S/c1-10-3-5-12(6-4-10)17-21-19(26-23-17)22-18(24)16-11(2)14-9-13(20)7-8-15(14)25-16/h3-9H,1-2H3,(H,21,22,23,24). The van der Waals surface area contributed by atoms with E-state index in [0.717, 1.165) is 22.7 Å². The van der Waals surface area contributed by atoms with Crippen LogP contribution in [0.5, 0.6) is 0 Å². The lowest BCUT2D eigenvalue weighted by molar-refractivity contribution is 0.0998. The predicted molar refractivity (Wildman–Crippen MR) is 98.9 cm³/mol. The van der Waals surface area contributed by atoms with Gasteiger partial charge in [0.25, 0.3) is 5.91 Å². The van der Waals surface area contributed by atoms with Gasteiger partial charge in [0, 0.05) is 28.0 Å². The number of furan rings is 1. The maximum Gasteiger partial charge on any atom is 0.293 e. The summed E-state index contributed by atoms with van der Waals surface area (Å²) < 4.78 is 23.2. The minimum Gasteiger partial charge on any atom is -0.451 e. The number of nitrogens with zero attached hydrogens (tertiary/aromatic N) is 2. The summed E-state index contributed by atoms with van der Waals surface area (Å²) >= 11 is 1.09. The Balaban J connectivity index is 1.59. The van der Waals surface area contributed by atoms with Crippen molar-refractivity contribution in [3.05, 3.63) is 65.2 Å². The third kappa shape index (κ3) is 2.97. The van der Waals surface area contributed by atoms with Gasteiger partial charge in [-0.3, -0.25) is 10.1 Å². The molecule has 1 N–H and O–H groups in total. The molecule has 2 aromatic heterocycles. The number of carbonyl (C=O) groups excluding carboxylic acids is 1. The minimum absolute atomic E-state index is 0.137. The number of amides is 1. The molecule has 5 nitrogen and oxygen atoms in total. The molecule has 0 saturated heterocycles. The summed E-state index contributed by atoms with van der Waals surface area (Å²) in [6.45, 7) is 3.73. The van der Waals surface area contributed by atoms with E-state index in [1.165, 1.54) is 18.2 Å². The van der Waals surface area contributed by atoms with E-state index in [1.807, 2.05) is 31.2 Å². The zero-order valence-corrected chi connectivity index (χ0v) is 14.9. The molecule has 0 spiro atoms. The summed E-state index contributed by atoms with van der Waals surface area (Å²) in [7, 11) is 0. The van der Waals surface area contributed by atoms with Crippen LogP contribution in [0.1, 0.15) is 21.7 Å². The van der Waals surface area contributed by atoms with Gasteiger partial charge in [-0.15, -0.1) is 0 Å². The van der Waals surface area contributed by atoms with Gasteiger partial charge < -0.3 is 4.42 Å². The highest BCUT2D eigenvalue weighted by Gasteiger charge is 2.19. The summed E-state index contributed by atoms with van der Waals surface area (Å²) in [4.78, 5) is 16.9. The molecule has 0 radical (unpaired) electrons. The minimum atomic E-state index is -0.439. The quantitative estimate of drug-likeness (QED) is 0.556. The number of nitrogens with one attached hydrogen (secondary N) is 1. The molecule has 0 atom stereocenters. The van der Waals surface area contributed by atoms with E-state index in [4.69, 9.17) is 4.42 Å². The number of halogens is 1. The average molecular weight is 367 g/mol. The molecule has 0 unspecified atom stereocenters. The maximum atomic E-state index is 13.4. The van der Waals surface area contributed by atoms with Crippen LogP contribution in [0, 0.1) is 19.7 Å². The van der Waals surface area contributed by atoms with E-state index >= 15 is 0 Å². The van der Waals surface area contributed by atoms with Crippen molar-refractivity contribution in [2.75, 3.05) is 5.32 Å². The van der Waals surface area contributed by atoms with Crippen molar-refractivity contribution in [1.82, 2.24) is 9.36 Å². The largest absolute Gasteiger partial charge is 0.451 e. The van der Waals surface area contributed by atoms with Gasteiger partial charge in [0.05, 0.1) is 0 Å². The second-order valence-electron chi connectivity index (χ2n) is 5.94. The zero-order chi connectivity index (χ0) is 18.3. The number of hydrogen-bond acceptors (Lipinski definition) is 5. The second-order valence-corrected chi connectivity index (χ2v) is 6.69. The number of aromatic nitrogens is 2. The van der Waals surface area contributed by atoms with Crippen molar-refractivity contribution in [3.63, 3.8) is 0 Å². The molecule has 0 aliphatic rings. The van der Waals surface area contributed by atoms with Crippen LogP contribution in [0.15, 0.2) is 46.9 Å². The normalized spacial score (nSPS) is 11.0. The Hall–Kier alpha value is -3.06. The number of aryl methyl sites for hydroxylation is 2. The fourth-order valence-corrected chi connectivity index (χ4v) is 3.24. The van der Waals surface area contributed by atoms with E-state index in [-0.39, 0.29) is 11.6 Å². The summed E-state index contributed by atoms with van der Waals surface area (Å²) in [5.41, 5.74) is 3.07. The number of benzene rings is 2. The van der Waals surface area contributed by atoms with E-state index in [9.17, 15) is 9.18 Å². The topological polar surface area (TPSA) is 68.0 Å². The first kappa shape index (κ1) is 16.4. The fraction of sp³-hybridized carbons (Fsp3) is 0.105. The molecule has 2 aromatic carbocycles. The third-order valence-electron chi connectivity index (χ3n) is 4.06. The lowest BCUT2D eigenvalue weighted by Crippen LogP contribution is -2.11. The first-order chi connectivity index (χ1) is 12.5. The smallest absolute Gasteiger partial charge is 0.293 e. The number of hydrogen-bond donors (Lipinski definition) is 1. The molecule has 0 fully saturated rings. The molecular weight excluding hydrogens is 353 g/mol. The van der Waals surface area contributed by atoms with Crippen LogP contribution in [0.2, 0.25) is 0 Å². The average Bonchev–Trinajstić information content (AvgIpc) is 3.21. The summed E-state index contributed by atoms with van der Waals surface area (Å²) in [5, 5.41) is 3.64. The Morgan fingerprint density at radius 2 is 1.92 bits per heavy atom. The molecule has 4 rings (SSSR count). The number of carbonyl (C=O) groups is 1. The highest BCUT2D eigenvalue weighted by atomic mass is 32.1. The van der Waals surface area contributed by atoms with Crippen molar-refractivity contribution < 1.29 is 13.6 Å². The van der Waals surface area contributed by atoms with Gasteiger partial charge in [-0.2, -0.15) is 9.36 Å². The molecule has 4 aromatic rings. The van der Waals surface area contributed by atoms with Gasteiger partial charge in [0.2, 0.25) is 5.13 Å². The molecule has 0 aliphatic carbocycles. The van der Waals surface area contributed by atoms with Gasteiger partial charge in [0.15, 0.2) is 11.6 Å². The van der Waals surface area contributed by atoms with Gasteiger partial charge in [-0.25, -0.2) is 4.39 Å². The zero-order valence-electron chi connectivity index (χ0n) is 14.0. The molecular formula is C19H14FN3O2S. The Labute approximate surface area is 152 Å². The van der Waals surface area contributed by atoms with E-state index in [1.54, 1.807) is 6.92 Å². The van der Waals surface area contributed by atoms with Crippen molar-refractivity contribution in [2.45, 2.75) is 13.8 Å². The van der Waals surface area contributed by atoms with Gasteiger partial charge in [-0.05, 0) is 32.0 Å². The summed E-state index contributed by atoms with van der Waals surface area (Å²) in [6.07, 6.45) is 0. The molecule has 7 heteroatoms. The molecule has 2 heterocycles. The van der Waals surface area contributed by atoms with Gasteiger partial charge in [0.1, 0.15) is 11.4 Å². The lowest BCUT2D eigenvalue weighted by Gasteiger charge is -1.99. The monoisotopic (exact) mass is 367 g/mol. The molecule has 0 aliphatic heterocycles. The van der Waals surface area contributed by atoms with Crippen molar-refractivity contribution in [3.8, 4) is 11.4 Å². The maximum absolute atomic E-state index is 13.4. The highest BCUT2D eigenvalue weighted by molar-refractivity contribution is 7.10. The van der Waals surface area contributed by atoms with E-state index < -0.39 is 5.91 Å². The van der Waals surface area contributed by atoms with Crippen LogP contribution in [0.25, 0.3) is 22.4 Å². The van der Waals surface area contributed by atoms with Crippen molar-refractivity contribution in [2.24, 2.45) is 0 Å². The van der Waals surface area contributed by atoms with Crippen LogP contribution in [0.4, 0.5) is 9.52 Å². The predicted octanol–water partition coefficient (Wildman–Crippen LogP) is 4.96. The van der Waals surface area contributed by atoms with Crippen LogP contribution in [0.3, 0.4) is 0 Å². The van der Waals surface area contributed by atoms with Crippen LogP contribution < -0.4 is 5.32 Å². The first-order valence-electron chi connectivity index (χ1n) is 7.92. The molecule has 130 valence electrons. The number of rotatable bonds is 3. The number of anilines is 1. The molecule has 26 heavy (non-hydrogen) atoms.